The monoisotopic (exact) mass is 248 g/mol. The molecule has 0 atom stereocenters. The van der Waals surface area contributed by atoms with Crippen molar-refractivity contribution in [2.45, 2.75) is 13.5 Å². The molecular formula is C17H16N2. The Kier molecular flexibility index (Phi) is 3.15. The largest absolute Gasteiger partial charge is 0.366 e. The van der Waals surface area contributed by atoms with Gasteiger partial charge in [0.25, 0.3) is 0 Å². The first-order valence-corrected chi connectivity index (χ1v) is 6.46. The van der Waals surface area contributed by atoms with Crippen molar-refractivity contribution in [3.05, 3.63) is 71.8 Å². The van der Waals surface area contributed by atoms with Gasteiger partial charge >= 0.3 is 0 Å². The molecule has 1 N–H and O–H groups in total. The maximum absolute atomic E-state index is 4.60. The van der Waals surface area contributed by atoms with Crippen LogP contribution in [-0.2, 0) is 6.54 Å². The minimum Gasteiger partial charge on any atom is -0.366 e. The van der Waals surface area contributed by atoms with Crippen molar-refractivity contribution < 1.29 is 0 Å². The third-order valence-corrected chi connectivity index (χ3v) is 3.19. The highest BCUT2D eigenvalue weighted by Crippen LogP contribution is 2.15. The van der Waals surface area contributed by atoms with Crippen LogP contribution in [0.25, 0.3) is 10.9 Å². The van der Waals surface area contributed by atoms with Crippen LogP contribution in [0.15, 0.2) is 60.7 Å². The van der Waals surface area contributed by atoms with Crippen LogP contribution in [0.5, 0.6) is 0 Å². The normalized spacial score (nSPS) is 10.6. The van der Waals surface area contributed by atoms with Crippen molar-refractivity contribution in [2.75, 3.05) is 5.32 Å². The second-order valence-electron chi connectivity index (χ2n) is 4.73. The van der Waals surface area contributed by atoms with E-state index in [0.29, 0.717) is 0 Å². The summed E-state index contributed by atoms with van der Waals surface area (Å²) < 4.78 is 0. The second-order valence-corrected chi connectivity index (χ2v) is 4.73. The molecule has 0 aliphatic carbocycles. The van der Waals surface area contributed by atoms with Gasteiger partial charge < -0.3 is 5.32 Å². The summed E-state index contributed by atoms with van der Waals surface area (Å²) in [6, 6.07) is 20.8. The lowest BCUT2D eigenvalue weighted by Gasteiger charge is -2.07. The Morgan fingerprint density at radius 1 is 0.895 bits per heavy atom. The van der Waals surface area contributed by atoms with Gasteiger partial charge in [-0.2, -0.15) is 0 Å². The van der Waals surface area contributed by atoms with Crippen LogP contribution < -0.4 is 5.32 Å². The van der Waals surface area contributed by atoms with Crippen LogP contribution in [-0.4, -0.2) is 4.98 Å². The van der Waals surface area contributed by atoms with Gasteiger partial charge in [-0.25, -0.2) is 4.98 Å². The number of benzene rings is 2. The van der Waals surface area contributed by atoms with Crippen LogP contribution in [0.4, 0.5) is 5.82 Å². The summed E-state index contributed by atoms with van der Waals surface area (Å²) in [5, 5.41) is 4.53. The Bertz CT molecular complexity index is 687. The number of aromatic nitrogens is 1. The number of fused-ring (bicyclic) bond motifs is 1. The summed E-state index contributed by atoms with van der Waals surface area (Å²) in [6.07, 6.45) is 0. The molecule has 1 aromatic heterocycles. The highest BCUT2D eigenvalue weighted by atomic mass is 15.0. The predicted octanol–water partition coefficient (Wildman–Crippen LogP) is 4.16. The van der Waals surface area contributed by atoms with E-state index in [1.165, 1.54) is 16.5 Å². The predicted molar refractivity (Wildman–Crippen MR) is 80.2 cm³/mol. The van der Waals surface area contributed by atoms with E-state index in [0.717, 1.165) is 17.9 Å². The number of rotatable bonds is 3. The molecule has 19 heavy (non-hydrogen) atoms. The van der Waals surface area contributed by atoms with E-state index in [1.54, 1.807) is 0 Å². The maximum atomic E-state index is 4.60. The number of nitrogens with one attached hydrogen (secondary N) is 1. The third-order valence-electron chi connectivity index (χ3n) is 3.19. The zero-order valence-electron chi connectivity index (χ0n) is 10.9. The number of hydrogen-bond acceptors (Lipinski definition) is 2. The number of pyridine rings is 1. The van der Waals surface area contributed by atoms with Gasteiger partial charge in [0, 0.05) is 11.9 Å². The van der Waals surface area contributed by atoms with E-state index in [9.17, 15) is 0 Å². The van der Waals surface area contributed by atoms with E-state index in [-0.39, 0.29) is 0 Å². The lowest BCUT2D eigenvalue weighted by molar-refractivity contribution is 1.12. The zero-order chi connectivity index (χ0) is 13.1. The van der Waals surface area contributed by atoms with Gasteiger partial charge in [-0.05, 0) is 30.7 Å². The summed E-state index contributed by atoms with van der Waals surface area (Å²) in [6.45, 7) is 2.90. The highest BCUT2D eigenvalue weighted by molar-refractivity contribution is 5.80. The van der Waals surface area contributed by atoms with Gasteiger partial charge in [0.05, 0.1) is 5.52 Å². The van der Waals surface area contributed by atoms with Crippen LogP contribution in [0, 0.1) is 6.92 Å². The SMILES string of the molecule is Cc1ccc(CNc2ccc3ccccc3n2)cc1. The Morgan fingerprint density at radius 3 is 2.53 bits per heavy atom. The minimum absolute atomic E-state index is 0.797. The van der Waals surface area contributed by atoms with Crippen molar-refractivity contribution in [3.8, 4) is 0 Å². The molecule has 0 radical (unpaired) electrons. The fourth-order valence-corrected chi connectivity index (χ4v) is 2.06. The van der Waals surface area contributed by atoms with Crippen LogP contribution in [0.2, 0.25) is 0 Å². The van der Waals surface area contributed by atoms with Crippen molar-refractivity contribution in [1.82, 2.24) is 4.98 Å². The molecule has 3 rings (SSSR count). The van der Waals surface area contributed by atoms with Crippen LogP contribution in [0.3, 0.4) is 0 Å². The molecule has 0 unspecified atom stereocenters. The van der Waals surface area contributed by atoms with Gasteiger partial charge in [-0.1, -0.05) is 48.0 Å². The van der Waals surface area contributed by atoms with Gasteiger partial charge in [0.1, 0.15) is 5.82 Å². The van der Waals surface area contributed by atoms with Crippen LogP contribution >= 0.6 is 0 Å². The highest BCUT2D eigenvalue weighted by Gasteiger charge is 1.98. The number of aryl methyl sites for hydroxylation is 1. The molecule has 0 aliphatic heterocycles. The van der Waals surface area contributed by atoms with Gasteiger partial charge in [-0.3, -0.25) is 0 Å². The number of hydrogen-bond donors (Lipinski definition) is 1. The number of nitrogens with zero attached hydrogens (tertiary/aromatic N) is 1. The van der Waals surface area contributed by atoms with Crippen molar-refractivity contribution in [1.29, 1.82) is 0 Å². The molecule has 2 nitrogen and oxygen atoms in total. The van der Waals surface area contributed by atoms with Crippen molar-refractivity contribution >= 4 is 16.7 Å². The summed E-state index contributed by atoms with van der Waals surface area (Å²) >= 11 is 0. The standard InChI is InChI=1S/C17H16N2/c1-13-6-8-14(9-7-13)12-18-17-11-10-15-4-2-3-5-16(15)19-17/h2-11H,12H2,1H3,(H,18,19). The minimum atomic E-state index is 0.797. The molecule has 3 aromatic rings. The number of para-hydroxylation sites is 1. The Morgan fingerprint density at radius 2 is 1.68 bits per heavy atom. The summed E-state index contributed by atoms with van der Waals surface area (Å²) in [4.78, 5) is 4.60. The van der Waals surface area contributed by atoms with E-state index < -0.39 is 0 Å². The fraction of sp³-hybridized carbons (Fsp3) is 0.118. The summed E-state index contributed by atoms with van der Waals surface area (Å²) in [7, 11) is 0. The molecule has 2 aromatic carbocycles. The maximum Gasteiger partial charge on any atom is 0.126 e. The molecule has 0 aliphatic rings. The first-order valence-electron chi connectivity index (χ1n) is 6.46. The Labute approximate surface area is 113 Å². The van der Waals surface area contributed by atoms with E-state index >= 15 is 0 Å². The lowest BCUT2D eigenvalue weighted by atomic mass is 10.1. The van der Waals surface area contributed by atoms with Gasteiger partial charge in [0.15, 0.2) is 0 Å². The van der Waals surface area contributed by atoms with Crippen molar-refractivity contribution in [3.63, 3.8) is 0 Å². The first kappa shape index (κ1) is 11.7. The Balaban J connectivity index is 1.76. The third kappa shape index (κ3) is 2.74. The van der Waals surface area contributed by atoms with Gasteiger partial charge in [-0.15, -0.1) is 0 Å². The molecule has 0 saturated carbocycles. The molecule has 0 amide bonds. The first-order chi connectivity index (χ1) is 9.31. The number of anilines is 1. The smallest absolute Gasteiger partial charge is 0.126 e. The molecule has 2 heteroatoms. The Hall–Kier alpha value is -2.35. The zero-order valence-corrected chi connectivity index (χ0v) is 10.9. The average Bonchev–Trinajstić information content (AvgIpc) is 2.46. The molecule has 0 spiro atoms. The lowest BCUT2D eigenvalue weighted by Crippen LogP contribution is -2.01. The summed E-state index contributed by atoms with van der Waals surface area (Å²) in [5.41, 5.74) is 3.57. The van der Waals surface area contributed by atoms with E-state index in [2.05, 4.69) is 53.6 Å². The average molecular weight is 248 g/mol. The van der Waals surface area contributed by atoms with E-state index in [4.69, 9.17) is 0 Å². The molecule has 0 bridgehead atoms. The fourth-order valence-electron chi connectivity index (χ4n) is 2.06. The molecule has 0 fully saturated rings. The topological polar surface area (TPSA) is 24.9 Å². The molecule has 94 valence electrons. The van der Waals surface area contributed by atoms with E-state index in [1.807, 2.05) is 24.3 Å². The van der Waals surface area contributed by atoms with Crippen LogP contribution in [0.1, 0.15) is 11.1 Å². The molecular weight excluding hydrogens is 232 g/mol. The second kappa shape index (κ2) is 5.11. The quantitative estimate of drug-likeness (QED) is 0.753. The van der Waals surface area contributed by atoms with Gasteiger partial charge in [0.2, 0.25) is 0 Å². The summed E-state index contributed by atoms with van der Waals surface area (Å²) in [5.74, 6) is 0.916. The molecule has 1 heterocycles. The molecule has 0 saturated heterocycles. The van der Waals surface area contributed by atoms with Crippen molar-refractivity contribution in [2.24, 2.45) is 0 Å².